The molecule has 1 rings (SSSR count). The quantitative estimate of drug-likeness (QED) is 0.793. The lowest BCUT2D eigenvalue weighted by molar-refractivity contribution is -0.134. The van der Waals surface area contributed by atoms with Crippen LogP contribution in [0.25, 0.3) is 0 Å². The Morgan fingerprint density at radius 2 is 1.94 bits per heavy atom. The molecule has 1 aliphatic carbocycles. The Bertz CT molecular complexity index is 265. The number of hydrogen-bond acceptors (Lipinski definition) is 2. The van der Waals surface area contributed by atoms with Crippen molar-refractivity contribution >= 4 is 5.91 Å². The van der Waals surface area contributed by atoms with Crippen molar-refractivity contribution in [2.45, 2.75) is 65.3 Å². The van der Waals surface area contributed by atoms with Crippen LogP contribution >= 0.6 is 0 Å². The molecular formula is C14H28N2O. The van der Waals surface area contributed by atoms with Crippen LogP contribution in [0.15, 0.2) is 0 Å². The molecule has 3 N–H and O–H groups in total. The van der Waals surface area contributed by atoms with Crippen LogP contribution in [-0.4, -0.2) is 18.0 Å². The van der Waals surface area contributed by atoms with Crippen molar-refractivity contribution < 1.29 is 4.79 Å². The summed E-state index contributed by atoms with van der Waals surface area (Å²) >= 11 is 0. The van der Waals surface area contributed by atoms with Gasteiger partial charge in [-0.2, -0.15) is 0 Å². The third kappa shape index (κ3) is 3.44. The summed E-state index contributed by atoms with van der Waals surface area (Å²) in [7, 11) is 0. The van der Waals surface area contributed by atoms with Crippen molar-refractivity contribution in [3.8, 4) is 0 Å². The number of carbonyl (C=O) groups is 1. The van der Waals surface area contributed by atoms with Crippen LogP contribution in [0.2, 0.25) is 0 Å². The fourth-order valence-corrected chi connectivity index (χ4v) is 2.37. The Morgan fingerprint density at radius 1 is 1.41 bits per heavy atom. The molecule has 0 aromatic rings. The smallest absolute Gasteiger partial charge is 0.227 e. The molecule has 0 saturated heterocycles. The maximum absolute atomic E-state index is 12.4. The number of hydrogen-bond donors (Lipinski definition) is 2. The lowest BCUT2D eigenvalue weighted by Crippen LogP contribution is -2.54. The van der Waals surface area contributed by atoms with E-state index in [2.05, 4.69) is 33.0 Å². The Morgan fingerprint density at radius 3 is 2.35 bits per heavy atom. The van der Waals surface area contributed by atoms with Gasteiger partial charge in [0.05, 0.1) is 5.41 Å². The summed E-state index contributed by atoms with van der Waals surface area (Å²) in [4.78, 5) is 12.4. The Hall–Kier alpha value is -0.570. The molecule has 1 amide bonds. The van der Waals surface area contributed by atoms with Crippen molar-refractivity contribution in [2.24, 2.45) is 17.1 Å². The second kappa shape index (κ2) is 5.38. The highest BCUT2D eigenvalue weighted by molar-refractivity contribution is 5.83. The second-order valence-corrected chi connectivity index (χ2v) is 6.36. The molecule has 1 fully saturated rings. The van der Waals surface area contributed by atoms with E-state index in [9.17, 15) is 4.79 Å². The molecule has 1 aliphatic rings. The van der Waals surface area contributed by atoms with E-state index in [1.54, 1.807) is 0 Å². The van der Waals surface area contributed by atoms with E-state index in [4.69, 9.17) is 5.73 Å². The van der Waals surface area contributed by atoms with Crippen LogP contribution in [0, 0.1) is 11.3 Å². The molecule has 0 aliphatic heterocycles. The van der Waals surface area contributed by atoms with Gasteiger partial charge >= 0.3 is 0 Å². The minimum absolute atomic E-state index is 0.123. The summed E-state index contributed by atoms with van der Waals surface area (Å²) in [5, 5.41) is 3.16. The van der Waals surface area contributed by atoms with Crippen LogP contribution < -0.4 is 11.1 Å². The molecule has 0 spiro atoms. The van der Waals surface area contributed by atoms with Crippen LogP contribution in [0.3, 0.4) is 0 Å². The second-order valence-electron chi connectivity index (χ2n) is 6.36. The van der Waals surface area contributed by atoms with E-state index in [1.165, 1.54) is 0 Å². The highest BCUT2D eigenvalue weighted by Crippen LogP contribution is 2.38. The number of amides is 1. The fourth-order valence-electron chi connectivity index (χ4n) is 2.37. The van der Waals surface area contributed by atoms with Crippen LogP contribution in [0.1, 0.15) is 59.8 Å². The zero-order chi connectivity index (χ0) is 13.1. The average molecular weight is 240 g/mol. The van der Waals surface area contributed by atoms with Gasteiger partial charge in [-0.05, 0) is 51.9 Å². The van der Waals surface area contributed by atoms with Crippen LogP contribution in [0.4, 0.5) is 0 Å². The molecule has 0 unspecified atom stereocenters. The largest absolute Gasteiger partial charge is 0.351 e. The van der Waals surface area contributed by atoms with Gasteiger partial charge in [0.2, 0.25) is 5.91 Å². The lowest BCUT2D eigenvalue weighted by Gasteiger charge is -2.39. The number of rotatable bonds is 4. The van der Waals surface area contributed by atoms with Crippen molar-refractivity contribution in [3.05, 3.63) is 0 Å². The van der Waals surface area contributed by atoms with E-state index in [0.717, 1.165) is 38.0 Å². The predicted octanol–water partition coefficient (Wildman–Crippen LogP) is 2.45. The van der Waals surface area contributed by atoms with Crippen molar-refractivity contribution in [3.63, 3.8) is 0 Å². The van der Waals surface area contributed by atoms with E-state index in [-0.39, 0.29) is 16.9 Å². The molecule has 1 saturated carbocycles. The van der Waals surface area contributed by atoms with Crippen molar-refractivity contribution in [2.75, 3.05) is 6.54 Å². The highest BCUT2D eigenvalue weighted by Gasteiger charge is 2.41. The van der Waals surface area contributed by atoms with E-state index in [0.29, 0.717) is 6.54 Å². The molecule has 3 heteroatoms. The molecule has 0 aromatic heterocycles. The third-order valence-electron chi connectivity index (χ3n) is 4.44. The first-order chi connectivity index (χ1) is 7.85. The minimum Gasteiger partial charge on any atom is -0.351 e. The van der Waals surface area contributed by atoms with Crippen molar-refractivity contribution in [1.82, 2.24) is 5.32 Å². The third-order valence-corrected chi connectivity index (χ3v) is 4.44. The first-order valence-electron chi connectivity index (χ1n) is 6.88. The van der Waals surface area contributed by atoms with Gasteiger partial charge in [0.1, 0.15) is 0 Å². The summed E-state index contributed by atoms with van der Waals surface area (Å²) in [5.41, 5.74) is 5.45. The van der Waals surface area contributed by atoms with E-state index < -0.39 is 0 Å². The molecule has 100 valence electrons. The summed E-state index contributed by atoms with van der Waals surface area (Å²) in [6.07, 6.45) is 5.07. The minimum atomic E-state index is -0.307. The Balaban J connectivity index is 2.70. The summed E-state index contributed by atoms with van der Waals surface area (Å²) in [5.74, 6) is 0.903. The van der Waals surface area contributed by atoms with Gasteiger partial charge in [-0.25, -0.2) is 0 Å². The van der Waals surface area contributed by atoms with E-state index in [1.807, 2.05) is 0 Å². The normalized spacial score (nSPS) is 30.1. The lowest BCUT2D eigenvalue weighted by atomic mass is 9.70. The molecule has 3 nitrogen and oxygen atoms in total. The zero-order valence-electron chi connectivity index (χ0n) is 11.8. The van der Waals surface area contributed by atoms with Crippen molar-refractivity contribution in [1.29, 1.82) is 0 Å². The van der Waals surface area contributed by atoms with Gasteiger partial charge in [0.15, 0.2) is 0 Å². The molecular weight excluding hydrogens is 212 g/mol. The summed E-state index contributed by atoms with van der Waals surface area (Å²) in [6, 6.07) is 0. The summed E-state index contributed by atoms with van der Waals surface area (Å²) in [6.45, 7) is 8.97. The van der Waals surface area contributed by atoms with Gasteiger partial charge in [0, 0.05) is 12.1 Å². The monoisotopic (exact) mass is 240 g/mol. The Labute approximate surface area is 106 Å². The van der Waals surface area contributed by atoms with Crippen LogP contribution in [-0.2, 0) is 4.79 Å². The molecule has 0 radical (unpaired) electrons. The molecule has 17 heavy (non-hydrogen) atoms. The number of nitrogens with one attached hydrogen (secondary N) is 1. The Kier molecular flexibility index (Phi) is 4.59. The maximum atomic E-state index is 12.4. The summed E-state index contributed by atoms with van der Waals surface area (Å²) < 4.78 is 0. The van der Waals surface area contributed by atoms with Gasteiger partial charge in [-0.1, -0.05) is 13.8 Å². The van der Waals surface area contributed by atoms with Gasteiger partial charge in [0.25, 0.3) is 0 Å². The fraction of sp³-hybridized carbons (Fsp3) is 0.929. The average Bonchev–Trinajstić information content (AvgIpc) is 2.30. The highest BCUT2D eigenvalue weighted by atomic mass is 16.2. The SMILES string of the molecule is CCC(C)(C)NC(=O)C1(CN)CCC(C)CC1. The predicted molar refractivity (Wildman–Crippen MR) is 71.6 cm³/mol. The molecule has 0 aromatic carbocycles. The molecule has 0 atom stereocenters. The van der Waals surface area contributed by atoms with Gasteiger partial charge < -0.3 is 11.1 Å². The maximum Gasteiger partial charge on any atom is 0.227 e. The van der Waals surface area contributed by atoms with Gasteiger partial charge in [-0.15, -0.1) is 0 Å². The van der Waals surface area contributed by atoms with Gasteiger partial charge in [-0.3, -0.25) is 4.79 Å². The topological polar surface area (TPSA) is 55.1 Å². The van der Waals surface area contributed by atoms with Crippen LogP contribution in [0.5, 0.6) is 0 Å². The zero-order valence-corrected chi connectivity index (χ0v) is 11.8. The number of nitrogens with two attached hydrogens (primary N) is 1. The molecule has 0 heterocycles. The first kappa shape index (κ1) is 14.5. The number of carbonyl (C=O) groups excluding carboxylic acids is 1. The molecule has 0 bridgehead atoms. The van der Waals surface area contributed by atoms with E-state index >= 15 is 0 Å². The standard InChI is InChI=1S/C14H28N2O/c1-5-13(3,4)16-12(17)14(10-15)8-6-11(2)7-9-14/h11H,5-10,15H2,1-4H3,(H,16,17). The first-order valence-corrected chi connectivity index (χ1v) is 6.88.